The first kappa shape index (κ1) is 15.8. The van der Waals surface area contributed by atoms with Crippen LogP contribution in [0.1, 0.15) is 17.2 Å². The highest BCUT2D eigenvalue weighted by Gasteiger charge is 2.17. The molecule has 20 heavy (non-hydrogen) atoms. The molecule has 0 aromatic heterocycles. The quantitative estimate of drug-likeness (QED) is 0.737. The summed E-state index contributed by atoms with van der Waals surface area (Å²) in [6.07, 6.45) is 0. The molecule has 1 N–H and O–H groups in total. The summed E-state index contributed by atoms with van der Waals surface area (Å²) in [7, 11) is 3.57. The lowest BCUT2D eigenvalue weighted by Crippen LogP contribution is -2.18. The van der Waals surface area contributed by atoms with Crippen LogP contribution in [0.4, 0.5) is 0 Å². The number of benzene rings is 2. The Kier molecular flexibility index (Phi) is 5.49. The first-order chi connectivity index (χ1) is 9.56. The molecule has 2 aromatic carbocycles. The fourth-order valence-corrected chi connectivity index (χ4v) is 3.26. The fourth-order valence-electron chi connectivity index (χ4n) is 2.10. The van der Waals surface area contributed by atoms with E-state index in [2.05, 4.69) is 37.2 Å². The fraction of sp³-hybridized carbons (Fsp3) is 0.200. The first-order valence-corrected chi connectivity index (χ1v) is 7.99. The molecule has 1 atom stereocenters. The zero-order valence-electron chi connectivity index (χ0n) is 11.1. The molecule has 0 spiro atoms. The highest BCUT2D eigenvalue weighted by atomic mass is 79.9. The predicted molar refractivity (Wildman–Crippen MR) is 90.7 cm³/mol. The number of rotatable bonds is 4. The van der Waals surface area contributed by atoms with Crippen LogP contribution >= 0.6 is 43.5 Å². The summed E-state index contributed by atoms with van der Waals surface area (Å²) in [6.45, 7) is 0. The number of hydrogen-bond acceptors (Lipinski definition) is 2. The summed E-state index contributed by atoms with van der Waals surface area (Å²) < 4.78 is 7.19. The first-order valence-electron chi connectivity index (χ1n) is 6.02. The second kappa shape index (κ2) is 6.94. The number of ether oxygens (including phenoxy) is 1. The monoisotopic (exact) mass is 417 g/mol. The van der Waals surface area contributed by atoms with E-state index in [1.165, 1.54) is 0 Å². The predicted octanol–water partition coefficient (Wildman–Crippen LogP) is 5.18. The Balaban J connectivity index is 2.46. The van der Waals surface area contributed by atoms with Crippen LogP contribution in [0.3, 0.4) is 0 Å². The van der Waals surface area contributed by atoms with E-state index < -0.39 is 0 Å². The summed E-state index contributed by atoms with van der Waals surface area (Å²) in [5.74, 6) is 0.809. The van der Waals surface area contributed by atoms with Crippen LogP contribution in [0.2, 0.25) is 5.02 Å². The zero-order chi connectivity index (χ0) is 14.7. The Hall–Kier alpha value is -0.550. The molecule has 2 nitrogen and oxygen atoms in total. The van der Waals surface area contributed by atoms with Gasteiger partial charge in [0, 0.05) is 9.50 Å². The summed E-state index contributed by atoms with van der Waals surface area (Å²) in [5.41, 5.74) is 2.14. The lowest BCUT2D eigenvalue weighted by molar-refractivity contribution is 0.412. The number of methoxy groups -OCH3 is 1. The summed E-state index contributed by atoms with van der Waals surface area (Å²) in [4.78, 5) is 0. The zero-order valence-corrected chi connectivity index (χ0v) is 15.0. The van der Waals surface area contributed by atoms with Crippen LogP contribution in [-0.2, 0) is 0 Å². The van der Waals surface area contributed by atoms with Gasteiger partial charge in [0.15, 0.2) is 0 Å². The van der Waals surface area contributed by atoms with E-state index in [0.717, 1.165) is 30.8 Å². The summed E-state index contributed by atoms with van der Waals surface area (Å²) in [5, 5.41) is 4.04. The smallest absolute Gasteiger partial charge is 0.133 e. The van der Waals surface area contributed by atoms with E-state index in [4.69, 9.17) is 16.3 Å². The number of nitrogens with one attached hydrogen (secondary N) is 1. The van der Waals surface area contributed by atoms with Gasteiger partial charge in [0.2, 0.25) is 0 Å². The van der Waals surface area contributed by atoms with E-state index in [1.54, 1.807) is 7.11 Å². The van der Waals surface area contributed by atoms with Gasteiger partial charge in [-0.15, -0.1) is 0 Å². The average Bonchev–Trinajstić information content (AvgIpc) is 2.44. The van der Waals surface area contributed by atoms with Crippen LogP contribution < -0.4 is 10.1 Å². The van der Waals surface area contributed by atoms with Crippen LogP contribution in [0.25, 0.3) is 0 Å². The minimum Gasteiger partial charge on any atom is -0.496 e. The van der Waals surface area contributed by atoms with Crippen LogP contribution in [-0.4, -0.2) is 14.2 Å². The molecule has 0 aliphatic heterocycles. The van der Waals surface area contributed by atoms with Crippen molar-refractivity contribution < 1.29 is 4.74 Å². The van der Waals surface area contributed by atoms with E-state index in [1.807, 2.05) is 43.4 Å². The normalized spacial score (nSPS) is 12.2. The maximum Gasteiger partial charge on any atom is 0.133 e. The molecule has 0 radical (unpaired) electrons. The number of hydrogen-bond donors (Lipinski definition) is 1. The van der Waals surface area contributed by atoms with Gasteiger partial charge in [-0.2, -0.15) is 0 Å². The van der Waals surface area contributed by atoms with Gasteiger partial charge in [-0.1, -0.05) is 33.6 Å². The SMILES string of the molecule is CNC(c1ccc(OC)c(Br)c1)c1cc(Br)ccc1Cl. The van der Waals surface area contributed by atoms with Crippen molar-refractivity contribution in [1.82, 2.24) is 5.32 Å². The summed E-state index contributed by atoms with van der Waals surface area (Å²) >= 11 is 13.3. The van der Waals surface area contributed by atoms with Gasteiger partial charge in [0.1, 0.15) is 5.75 Å². The lowest BCUT2D eigenvalue weighted by atomic mass is 9.99. The Morgan fingerprint density at radius 1 is 1.15 bits per heavy atom. The lowest BCUT2D eigenvalue weighted by Gasteiger charge is -2.20. The standard InChI is InChI=1S/C15H14Br2ClNO/c1-19-15(11-8-10(16)4-5-13(11)18)9-3-6-14(20-2)12(17)7-9/h3-8,15,19H,1-2H3. The Morgan fingerprint density at radius 2 is 1.90 bits per heavy atom. The molecule has 1 unspecified atom stereocenters. The largest absolute Gasteiger partial charge is 0.496 e. The Labute approximate surface area is 140 Å². The number of halogens is 3. The third kappa shape index (κ3) is 3.37. The van der Waals surface area contributed by atoms with Crippen molar-refractivity contribution in [2.75, 3.05) is 14.2 Å². The van der Waals surface area contributed by atoms with E-state index >= 15 is 0 Å². The molecular formula is C15H14Br2ClNO. The van der Waals surface area contributed by atoms with Gasteiger partial charge in [-0.3, -0.25) is 0 Å². The summed E-state index contributed by atoms with van der Waals surface area (Å²) in [6, 6.07) is 11.9. The van der Waals surface area contributed by atoms with E-state index in [-0.39, 0.29) is 6.04 Å². The third-order valence-corrected chi connectivity index (χ3v) is 4.52. The van der Waals surface area contributed by atoms with Gasteiger partial charge in [-0.25, -0.2) is 0 Å². The molecule has 0 heterocycles. The van der Waals surface area contributed by atoms with Crippen LogP contribution in [0, 0.1) is 0 Å². The maximum absolute atomic E-state index is 6.32. The minimum absolute atomic E-state index is 0.0159. The van der Waals surface area contributed by atoms with Gasteiger partial charge < -0.3 is 10.1 Å². The van der Waals surface area contributed by atoms with Gasteiger partial charge in [0.05, 0.1) is 17.6 Å². The molecule has 2 aromatic rings. The topological polar surface area (TPSA) is 21.3 Å². The Morgan fingerprint density at radius 3 is 2.50 bits per heavy atom. The molecule has 0 amide bonds. The van der Waals surface area contributed by atoms with Crippen molar-refractivity contribution in [2.45, 2.75) is 6.04 Å². The molecule has 5 heteroatoms. The molecule has 106 valence electrons. The minimum atomic E-state index is 0.0159. The van der Waals surface area contributed by atoms with Crippen molar-refractivity contribution >= 4 is 43.5 Å². The average molecular weight is 420 g/mol. The van der Waals surface area contributed by atoms with Crippen molar-refractivity contribution in [2.24, 2.45) is 0 Å². The highest BCUT2D eigenvalue weighted by molar-refractivity contribution is 9.10. The van der Waals surface area contributed by atoms with Gasteiger partial charge in [-0.05, 0) is 64.4 Å². The maximum atomic E-state index is 6.32. The van der Waals surface area contributed by atoms with Gasteiger partial charge in [0.25, 0.3) is 0 Å². The van der Waals surface area contributed by atoms with Crippen LogP contribution in [0.15, 0.2) is 45.3 Å². The Bertz CT molecular complexity index is 619. The highest BCUT2D eigenvalue weighted by Crippen LogP contribution is 2.34. The van der Waals surface area contributed by atoms with Crippen molar-refractivity contribution in [3.8, 4) is 5.75 Å². The molecule has 0 aliphatic rings. The molecule has 0 aliphatic carbocycles. The van der Waals surface area contributed by atoms with E-state index in [9.17, 15) is 0 Å². The van der Waals surface area contributed by atoms with E-state index in [0.29, 0.717) is 0 Å². The van der Waals surface area contributed by atoms with Gasteiger partial charge >= 0.3 is 0 Å². The van der Waals surface area contributed by atoms with Crippen molar-refractivity contribution in [3.05, 3.63) is 61.5 Å². The molecular weight excluding hydrogens is 405 g/mol. The van der Waals surface area contributed by atoms with Crippen molar-refractivity contribution in [1.29, 1.82) is 0 Å². The molecule has 0 saturated carbocycles. The molecule has 0 fully saturated rings. The van der Waals surface area contributed by atoms with Crippen molar-refractivity contribution in [3.63, 3.8) is 0 Å². The van der Waals surface area contributed by atoms with Crippen LogP contribution in [0.5, 0.6) is 5.75 Å². The second-order valence-electron chi connectivity index (χ2n) is 4.28. The molecule has 0 saturated heterocycles. The molecule has 2 rings (SSSR count). The third-order valence-electron chi connectivity index (χ3n) is 3.07. The second-order valence-corrected chi connectivity index (χ2v) is 6.46. The molecule has 0 bridgehead atoms.